The number of thiazole rings is 1. The maximum Gasteiger partial charge on any atom is 0.405 e. The van der Waals surface area contributed by atoms with Crippen LogP contribution >= 0.6 is 11.3 Å². The summed E-state index contributed by atoms with van der Waals surface area (Å²) in [7, 11) is 0. The van der Waals surface area contributed by atoms with Gasteiger partial charge in [0.2, 0.25) is 5.91 Å². The minimum Gasteiger partial charge on any atom is -0.489 e. The van der Waals surface area contributed by atoms with Crippen LogP contribution in [0.5, 0.6) is 5.75 Å². The first-order valence-electron chi connectivity index (χ1n) is 9.59. The maximum atomic E-state index is 12.4. The second-order valence-electron chi connectivity index (χ2n) is 6.57. The number of carbonyl (C=O) groups is 2. The van der Waals surface area contributed by atoms with Crippen molar-refractivity contribution in [2.45, 2.75) is 32.4 Å². The van der Waals surface area contributed by atoms with Gasteiger partial charge >= 0.3 is 6.09 Å². The number of para-hydroxylation sites is 1. The number of nitrogens with zero attached hydrogens (tertiary/aromatic N) is 1. The van der Waals surface area contributed by atoms with Crippen LogP contribution in [0.3, 0.4) is 0 Å². The number of nitrogens with one attached hydrogen (secondary N) is 2. The van der Waals surface area contributed by atoms with E-state index in [-0.39, 0.29) is 0 Å². The highest BCUT2D eigenvalue weighted by atomic mass is 32.1. The molecule has 3 aromatic rings. The fraction of sp³-hybridized carbons (Fsp3) is 0.227. The highest BCUT2D eigenvalue weighted by Gasteiger charge is 2.21. The van der Waals surface area contributed by atoms with Gasteiger partial charge in [-0.3, -0.25) is 4.79 Å². The molecular formula is C22H23N3O4S. The molecule has 0 radical (unpaired) electrons. The van der Waals surface area contributed by atoms with Gasteiger partial charge in [0.25, 0.3) is 0 Å². The number of rotatable bonds is 9. The van der Waals surface area contributed by atoms with E-state index in [0.29, 0.717) is 24.6 Å². The Hall–Kier alpha value is -3.39. The summed E-state index contributed by atoms with van der Waals surface area (Å²) < 4.78 is 5.87. The summed E-state index contributed by atoms with van der Waals surface area (Å²) in [6.45, 7) is 2.29. The van der Waals surface area contributed by atoms with Crippen molar-refractivity contribution in [3.8, 4) is 16.2 Å². The van der Waals surface area contributed by atoms with Crippen LogP contribution in [0.2, 0.25) is 0 Å². The lowest BCUT2D eigenvalue weighted by atomic mass is 10.1. The second-order valence-corrected chi connectivity index (χ2v) is 7.60. The smallest absolute Gasteiger partial charge is 0.405 e. The van der Waals surface area contributed by atoms with Gasteiger partial charge in [-0.1, -0.05) is 67.1 Å². The van der Waals surface area contributed by atoms with Gasteiger partial charge in [0.15, 0.2) is 5.13 Å². The van der Waals surface area contributed by atoms with Crippen LogP contribution < -0.4 is 15.4 Å². The Balaban J connectivity index is 1.71. The van der Waals surface area contributed by atoms with Crippen LogP contribution in [-0.2, 0) is 11.4 Å². The molecule has 3 rings (SSSR count). The molecule has 0 aliphatic carbocycles. The lowest BCUT2D eigenvalue weighted by molar-refractivity contribution is -0.118. The molecule has 0 aliphatic heterocycles. The zero-order chi connectivity index (χ0) is 21.3. The Morgan fingerprint density at radius 2 is 1.87 bits per heavy atom. The van der Waals surface area contributed by atoms with Crippen molar-refractivity contribution in [1.82, 2.24) is 10.3 Å². The Morgan fingerprint density at radius 3 is 2.60 bits per heavy atom. The third-order valence-electron chi connectivity index (χ3n) is 4.35. The Bertz CT molecular complexity index is 991. The molecule has 2 amide bonds. The van der Waals surface area contributed by atoms with Gasteiger partial charge in [0.05, 0.1) is 4.88 Å². The van der Waals surface area contributed by atoms with Crippen molar-refractivity contribution in [1.29, 1.82) is 0 Å². The molecule has 0 fully saturated rings. The van der Waals surface area contributed by atoms with Crippen molar-refractivity contribution in [2.24, 2.45) is 0 Å². The minimum absolute atomic E-state index is 0.404. The third-order valence-corrected chi connectivity index (χ3v) is 5.29. The van der Waals surface area contributed by atoms with Gasteiger partial charge in [-0.05, 0) is 29.7 Å². The largest absolute Gasteiger partial charge is 0.489 e. The summed E-state index contributed by atoms with van der Waals surface area (Å²) in [5.41, 5.74) is 1.97. The lowest BCUT2D eigenvalue weighted by Gasteiger charge is -2.14. The fourth-order valence-corrected chi connectivity index (χ4v) is 3.80. The first-order chi connectivity index (χ1) is 14.6. The average Bonchev–Trinajstić information content (AvgIpc) is 3.21. The predicted octanol–water partition coefficient (Wildman–Crippen LogP) is 4.76. The number of benzene rings is 2. The summed E-state index contributed by atoms with van der Waals surface area (Å²) in [6, 6.07) is 16.6. The Labute approximate surface area is 178 Å². The number of hydrogen-bond donors (Lipinski definition) is 3. The van der Waals surface area contributed by atoms with E-state index in [1.54, 1.807) is 6.20 Å². The van der Waals surface area contributed by atoms with Gasteiger partial charge in [-0.25, -0.2) is 9.78 Å². The van der Waals surface area contributed by atoms with Gasteiger partial charge in [0, 0.05) is 6.20 Å². The first-order valence-corrected chi connectivity index (χ1v) is 10.4. The standard InChI is InChI=1S/C22H23N3O4S/c1-2-8-18(24-22(27)28)20(26)25-21-23-13-19(30-21)17-12-7-6-9-15(17)14-29-16-10-4-3-5-11-16/h3-7,9-13,18,24H,2,8,14H2,1H3,(H,27,28)(H,23,25,26). The van der Waals surface area contributed by atoms with E-state index >= 15 is 0 Å². The molecule has 1 atom stereocenters. The molecule has 156 valence electrons. The lowest BCUT2D eigenvalue weighted by Crippen LogP contribution is -2.43. The van der Waals surface area contributed by atoms with Crippen molar-refractivity contribution < 1.29 is 19.4 Å². The van der Waals surface area contributed by atoms with Crippen LogP contribution in [0.15, 0.2) is 60.8 Å². The minimum atomic E-state index is -1.23. The number of carbonyl (C=O) groups excluding carboxylic acids is 1. The molecule has 1 unspecified atom stereocenters. The van der Waals surface area contributed by atoms with E-state index in [0.717, 1.165) is 21.8 Å². The molecule has 3 N–H and O–H groups in total. The van der Waals surface area contributed by atoms with Gasteiger partial charge in [-0.2, -0.15) is 0 Å². The molecule has 0 aliphatic rings. The SMILES string of the molecule is CCCC(NC(=O)O)C(=O)Nc1ncc(-c2ccccc2COc2ccccc2)s1. The van der Waals surface area contributed by atoms with Gasteiger partial charge in [0.1, 0.15) is 18.4 Å². The zero-order valence-corrected chi connectivity index (χ0v) is 17.3. The average molecular weight is 426 g/mol. The number of hydrogen-bond acceptors (Lipinski definition) is 5. The molecule has 1 heterocycles. The molecule has 0 bridgehead atoms. The van der Waals surface area contributed by atoms with Crippen LogP contribution in [-0.4, -0.2) is 28.1 Å². The van der Waals surface area contributed by atoms with Crippen LogP contribution in [0.25, 0.3) is 10.4 Å². The highest BCUT2D eigenvalue weighted by molar-refractivity contribution is 7.19. The second kappa shape index (κ2) is 10.4. The Kier molecular flexibility index (Phi) is 7.40. The monoisotopic (exact) mass is 425 g/mol. The number of amides is 2. The summed E-state index contributed by atoms with van der Waals surface area (Å²) in [5, 5.41) is 14.3. The van der Waals surface area contributed by atoms with E-state index in [1.807, 2.05) is 61.5 Å². The first kappa shape index (κ1) is 21.3. The fourth-order valence-electron chi connectivity index (χ4n) is 2.92. The molecule has 0 spiro atoms. The van der Waals surface area contributed by atoms with Crippen molar-refractivity contribution in [3.63, 3.8) is 0 Å². The number of aromatic nitrogens is 1. The number of anilines is 1. The van der Waals surface area contributed by atoms with Crippen LogP contribution in [0, 0.1) is 0 Å². The van der Waals surface area contributed by atoms with Gasteiger partial charge in [-0.15, -0.1) is 0 Å². The number of ether oxygens (including phenoxy) is 1. The molecule has 0 saturated heterocycles. The molecule has 1 aromatic heterocycles. The number of carboxylic acid groups (broad SMARTS) is 1. The van der Waals surface area contributed by atoms with E-state index < -0.39 is 18.0 Å². The normalized spacial score (nSPS) is 11.5. The summed E-state index contributed by atoms with van der Waals surface area (Å²) >= 11 is 1.33. The van der Waals surface area contributed by atoms with Crippen LogP contribution in [0.1, 0.15) is 25.3 Å². The maximum absolute atomic E-state index is 12.4. The molecule has 8 heteroatoms. The molecule has 0 saturated carbocycles. The molecule has 30 heavy (non-hydrogen) atoms. The quantitative estimate of drug-likeness (QED) is 0.459. The van der Waals surface area contributed by atoms with Crippen molar-refractivity contribution in [2.75, 3.05) is 5.32 Å². The van der Waals surface area contributed by atoms with Crippen molar-refractivity contribution >= 4 is 28.5 Å². The predicted molar refractivity (Wildman–Crippen MR) is 117 cm³/mol. The third kappa shape index (κ3) is 5.81. The van der Waals surface area contributed by atoms with E-state index in [4.69, 9.17) is 9.84 Å². The van der Waals surface area contributed by atoms with Gasteiger partial charge < -0.3 is 20.5 Å². The van der Waals surface area contributed by atoms with Crippen LogP contribution in [0.4, 0.5) is 9.93 Å². The van der Waals surface area contributed by atoms with E-state index in [2.05, 4.69) is 15.6 Å². The molecule has 7 nitrogen and oxygen atoms in total. The van der Waals surface area contributed by atoms with E-state index in [9.17, 15) is 9.59 Å². The summed E-state index contributed by atoms with van der Waals surface area (Å²) in [4.78, 5) is 28.5. The zero-order valence-electron chi connectivity index (χ0n) is 16.5. The summed E-state index contributed by atoms with van der Waals surface area (Å²) in [6.07, 6.45) is 1.56. The highest BCUT2D eigenvalue weighted by Crippen LogP contribution is 2.32. The summed E-state index contributed by atoms with van der Waals surface area (Å²) in [5.74, 6) is 0.373. The van der Waals surface area contributed by atoms with E-state index in [1.165, 1.54) is 11.3 Å². The Morgan fingerprint density at radius 1 is 1.13 bits per heavy atom. The topological polar surface area (TPSA) is 101 Å². The van der Waals surface area contributed by atoms with Crippen molar-refractivity contribution in [3.05, 3.63) is 66.4 Å². The molecule has 2 aromatic carbocycles. The molecular weight excluding hydrogens is 402 g/mol.